The molecule has 4 aromatic rings. The van der Waals surface area contributed by atoms with Gasteiger partial charge in [-0.15, -0.1) is 13.2 Å². The predicted octanol–water partition coefficient (Wildman–Crippen LogP) is 7.21. The lowest BCUT2D eigenvalue weighted by Crippen LogP contribution is -2.20. The lowest BCUT2D eigenvalue weighted by atomic mass is 9.87. The molecule has 0 bridgehead atoms. The first-order chi connectivity index (χ1) is 19.7. The molecular weight excluding hydrogens is 531 g/mol. The zero-order valence-electron chi connectivity index (χ0n) is 23.3. The van der Waals surface area contributed by atoms with Crippen LogP contribution in [0.2, 0.25) is 0 Å². The summed E-state index contributed by atoms with van der Waals surface area (Å²) in [7, 11) is 3.25. The van der Waals surface area contributed by atoms with Crippen molar-refractivity contribution in [1.29, 1.82) is 0 Å². The number of nitrogens with zero attached hydrogens (tertiary/aromatic N) is 4. The summed E-state index contributed by atoms with van der Waals surface area (Å²) in [6.45, 7) is 0.859. The first kappa shape index (κ1) is 27.4. The van der Waals surface area contributed by atoms with Crippen LogP contribution in [0.3, 0.4) is 0 Å². The second-order valence-corrected chi connectivity index (χ2v) is 11.3. The third kappa shape index (κ3) is 5.69. The van der Waals surface area contributed by atoms with Crippen molar-refractivity contribution in [1.82, 2.24) is 24.6 Å². The van der Waals surface area contributed by atoms with E-state index in [-0.39, 0.29) is 17.0 Å². The number of aromatic nitrogens is 4. The molecule has 2 aliphatic carbocycles. The SMILES string of the molecule is CNC(=O)c1ccc(-c2nc(-c3cccc4nn(CCC5CCCCC5)cc34)c(C3CC3)n2C)c(OC(F)(F)F)c1. The van der Waals surface area contributed by atoms with Crippen molar-refractivity contribution in [2.75, 3.05) is 7.05 Å². The third-order valence-corrected chi connectivity index (χ3v) is 8.38. The number of rotatable bonds is 8. The van der Waals surface area contributed by atoms with E-state index in [1.165, 1.54) is 51.3 Å². The molecule has 0 atom stereocenters. The van der Waals surface area contributed by atoms with Gasteiger partial charge in [0.25, 0.3) is 5.91 Å². The average Bonchev–Trinajstić information content (AvgIpc) is 3.61. The number of hydrogen-bond acceptors (Lipinski definition) is 4. The van der Waals surface area contributed by atoms with Gasteiger partial charge in [0.2, 0.25) is 0 Å². The number of amides is 1. The fourth-order valence-corrected chi connectivity index (χ4v) is 6.18. The number of carbonyl (C=O) groups is 1. The second kappa shape index (κ2) is 10.9. The molecule has 216 valence electrons. The number of ether oxygens (including phenoxy) is 1. The van der Waals surface area contributed by atoms with E-state index in [4.69, 9.17) is 10.1 Å². The van der Waals surface area contributed by atoms with Gasteiger partial charge in [-0.25, -0.2) is 4.98 Å². The van der Waals surface area contributed by atoms with E-state index in [9.17, 15) is 18.0 Å². The van der Waals surface area contributed by atoms with Crippen LogP contribution in [0.5, 0.6) is 5.75 Å². The number of aryl methyl sites for hydroxylation is 1. The van der Waals surface area contributed by atoms with Gasteiger partial charge in [-0.3, -0.25) is 9.48 Å². The van der Waals surface area contributed by atoms with Crippen LogP contribution in [0.15, 0.2) is 42.6 Å². The van der Waals surface area contributed by atoms with Crippen molar-refractivity contribution in [2.24, 2.45) is 13.0 Å². The van der Waals surface area contributed by atoms with E-state index in [0.717, 1.165) is 65.6 Å². The molecule has 2 saturated carbocycles. The molecule has 0 spiro atoms. The summed E-state index contributed by atoms with van der Waals surface area (Å²) in [5.41, 5.74) is 3.75. The quantitative estimate of drug-likeness (QED) is 0.245. The highest BCUT2D eigenvalue weighted by Crippen LogP contribution is 2.47. The van der Waals surface area contributed by atoms with E-state index < -0.39 is 18.0 Å². The number of imidazole rings is 1. The number of nitrogens with one attached hydrogen (secondary N) is 1. The first-order valence-corrected chi connectivity index (χ1v) is 14.4. The number of fused-ring (bicyclic) bond motifs is 1. The van der Waals surface area contributed by atoms with Crippen LogP contribution in [-0.2, 0) is 13.6 Å². The molecule has 0 unspecified atom stereocenters. The summed E-state index contributed by atoms with van der Waals surface area (Å²) in [6.07, 6.45) is 6.78. The number of benzene rings is 2. The third-order valence-electron chi connectivity index (χ3n) is 8.38. The van der Waals surface area contributed by atoms with Gasteiger partial charge < -0.3 is 14.6 Å². The summed E-state index contributed by atoms with van der Waals surface area (Å²) in [5.74, 6) is 0.402. The van der Waals surface area contributed by atoms with Crippen LogP contribution >= 0.6 is 0 Å². The molecule has 7 nitrogen and oxygen atoms in total. The molecule has 6 rings (SSSR count). The van der Waals surface area contributed by atoms with Crippen LogP contribution in [0, 0.1) is 5.92 Å². The summed E-state index contributed by atoms with van der Waals surface area (Å²) >= 11 is 0. The van der Waals surface area contributed by atoms with E-state index in [1.54, 1.807) is 0 Å². The monoisotopic (exact) mass is 565 g/mol. The first-order valence-electron chi connectivity index (χ1n) is 14.4. The Balaban J connectivity index is 1.41. The van der Waals surface area contributed by atoms with Crippen LogP contribution in [0.25, 0.3) is 33.5 Å². The minimum atomic E-state index is -4.93. The largest absolute Gasteiger partial charge is 0.573 e. The number of halogens is 3. The van der Waals surface area contributed by atoms with Gasteiger partial charge in [0.15, 0.2) is 0 Å². The van der Waals surface area contributed by atoms with Crippen molar-refractivity contribution in [3.63, 3.8) is 0 Å². The Bertz CT molecular complexity index is 1580. The molecule has 1 N–H and O–H groups in total. The number of hydrogen-bond donors (Lipinski definition) is 1. The van der Waals surface area contributed by atoms with Gasteiger partial charge >= 0.3 is 6.36 Å². The highest BCUT2D eigenvalue weighted by molar-refractivity contribution is 5.96. The van der Waals surface area contributed by atoms with Crippen molar-refractivity contribution in [3.05, 3.63) is 53.9 Å². The van der Waals surface area contributed by atoms with Crippen molar-refractivity contribution in [3.8, 4) is 28.4 Å². The molecule has 1 amide bonds. The summed E-state index contributed by atoms with van der Waals surface area (Å²) in [4.78, 5) is 17.1. The highest BCUT2D eigenvalue weighted by atomic mass is 19.4. The summed E-state index contributed by atoms with van der Waals surface area (Å²) in [5, 5.41) is 8.27. The normalized spacial score (nSPS) is 16.3. The lowest BCUT2D eigenvalue weighted by molar-refractivity contribution is -0.274. The Hall–Kier alpha value is -3.82. The molecule has 2 fully saturated rings. The Kier molecular flexibility index (Phi) is 7.25. The minimum absolute atomic E-state index is 0.0674. The fraction of sp³-hybridized carbons (Fsp3) is 0.452. The van der Waals surface area contributed by atoms with Crippen molar-refractivity contribution >= 4 is 16.8 Å². The van der Waals surface area contributed by atoms with E-state index >= 15 is 0 Å². The maximum atomic E-state index is 13.4. The molecule has 2 heterocycles. The molecule has 10 heteroatoms. The average molecular weight is 566 g/mol. The molecule has 2 aromatic carbocycles. The van der Waals surface area contributed by atoms with Gasteiger partial charge in [-0.2, -0.15) is 5.10 Å². The fourth-order valence-electron chi connectivity index (χ4n) is 6.18. The standard InChI is InChI=1S/C31H34F3N5O2/c1-35-30(40)21-13-14-23(26(17-21)41-31(32,33)34)29-36-27(28(38(29)2)20-11-12-20)22-9-6-10-25-24(22)18-39(37-25)16-15-19-7-4-3-5-8-19/h6,9-10,13-14,17-20H,3-5,7-8,11-12,15-16H2,1-2H3,(H,35,40). The van der Waals surface area contributed by atoms with Gasteiger partial charge in [0.05, 0.1) is 16.8 Å². The molecule has 2 aromatic heterocycles. The van der Waals surface area contributed by atoms with Crippen molar-refractivity contribution < 1.29 is 22.7 Å². The van der Waals surface area contributed by atoms with Crippen LogP contribution < -0.4 is 10.1 Å². The summed E-state index contributed by atoms with van der Waals surface area (Å²) < 4.78 is 48.6. The topological polar surface area (TPSA) is 74.0 Å². The smallest absolute Gasteiger partial charge is 0.405 e. The van der Waals surface area contributed by atoms with Crippen molar-refractivity contribution in [2.45, 2.75) is 70.2 Å². The zero-order valence-corrected chi connectivity index (χ0v) is 23.3. The van der Waals surface area contributed by atoms with Crippen LogP contribution in [-0.4, -0.2) is 38.6 Å². The van der Waals surface area contributed by atoms with E-state index in [0.29, 0.717) is 5.82 Å². The van der Waals surface area contributed by atoms with Gasteiger partial charge in [0, 0.05) is 55.0 Å². The van der Waals surface area contributed by atoms with E-state index in [2.05, 4.69) is 16.3 Å². The number of alkyl halides is 3. The lowest BCUT2D eigenvalue weighted by Gasteiger charge is -2.21. The molecular formula is C31H34F3N5O2. The maximum absolute atomic E-state index is 13.4. The molecule has 0 aliphatic heterocycles. The van der Waals surface area contributed by atoms with Gasteiger partial charge in [0.1, 0.15) is 11.6 Å². The Morgan fingerprint density at radius 1 is 1.07 bits per heavy atom. The Morgan fingerprint density at radius 2 is 1.85 bits per heavy atom. The predicted molar refractivity (Wildman–Crippen MR) is 151 cm³/mol. The Morgan fingerprint density at radius 3 is 2.56 bits per heavy atom. The number of carbonyl (C=O) groups excluding carboxylic acids is 1. The van der Waals surface area contributed by atoms with Gasteiger partial charge in [-0.05, 0) is 49.4 Å². The Labute approximate surface area is 236 Å². The van der Waals surface area contributed by atoms with Crippen LogP contribution in [0.1, 0.15) is 73.3 Å². The molecule has 41 heavy (non-hydrogen) atoms. The molecule has 0 saturated heterocycles. The minimum Gasteiger partial charge on any atom is -0.405 e. The zero-order chi connectivity index (χ0) is 28.7. The second-order valence-electron chi connectivity index (χ2n) is 11.3. The highest BCUT2D eigenvalue weighted by Gasteiger charge is 2.36. The molecule has 0 radical (unpaired) electrons. The summed E-state index contributed by atoms with van der Waals surface area (Å²) in [6, 6.07) is 10.0. The maximum Gasteiger partial charge on any atom is 0.573 e. The van der Waals surface area contributed by atoms with Crippen LogP contribution in [0.4, 0.5) is 13.2 Å². The van der Waals surface area contributed by atoms with E-state index in [1.807, 2.05) is 34.5 Å². The molecule has 2 aliphatic rings. The van der Waals surface area contributed by atoms with Gasteiger partial charge in [-0.1, -0.05) is 44.2 Å².